The van der Waals surface area contributed by atoms with Crippen molar-refractivity contribution in [3.8, 4) is 0 Å². The zero-order valence-electron chi connectivity index (χ0n) is 6.70. The van der Waals surface area contributed by atoms with Crippen LogP contribution in [-0.4, -0.2) is 20.1 Å². The molecule has 0 aliphatic carbocycles. The second-order valence-electron chi connectivity index (χ2n) is 3.85. The molecule has 1 aliphatic heterocycles. The van der Waals surface area contributed by atoms with Gasteiger partial charge in [-0.1, -0.05) is 19.7 Å². The molecular formula is C6H12BF3N-. The van der Waals surface area contributed by atoms with E-state index in [1.807, 2.05) is 0 Å². The minimum Gasteiger partial charge on any atom is -0.449 e. The van der Waals surface area contributed by atoms with E-state index in [1.165, 1.54) is 0 Å². The van der Waals surface area contributed by atoms with Crippen LogP contribution in [0.15, 0.2) is 0 Å². The Morgan fingerprint density at radius 3 is 2.09 bits per heavy atom. The van der Waals surface area contributed by atoms with Crippen LogP contribution in [0.4, 0.5) is 12.9 Å². The van der Waals surface area contributed by atoms with Crippen molar-refractivity contribution < 1.29 is 12.9 Å². The van der Waals surface area contributed by atoms with Gasteiger partial charge in [0.15, 0.2) is 0 Å². The summed E-state index contributed by atoms with van der Waals surface area (Å²) >= 11 is 0. The Kier molecular flexibility index (Phi) is 1.95. The number of halogens is 3. The predicted molar refractivity (Wildman–Crippen MR) is 39.5 cm³/mol. The third kappa shape index (κ3) is 1.69. The van der Waals surface area contributed by atoms with Gasteiger partial charge in [0.25, 0.3) is 0 Å². The van der Waals surface area contributed by atoms with Crippen molar-refractivity contribution >= 4 is 6.98 Å². The molecule has 1 fully saturated rings. The molecule has 0 aromatic carbocycles. The maximum atomic E-state index is 12.3. The molecule has 11 heavy (non-hydrogen) atoms. The van der Waals surface area contributed by atoms with Crippen molar-refractivity contribution in [2.75, 3.05) is 13.1 Å². The fourth-order valence-electron chi connectivity index (χ4n) is 1.60. The number of rotatable bonds is 1. The van der Waals surface area contributed by atoms with Gasteiger partial charge in [-0.15, -0.1) is 0 Å². The van der Waals surface area contributed by atoms with Gasteiger partial charge < -0.3 is 18.3 Å². The Balaban J connectivity index is 2.73. The van der Waals surface area contributed by atoms with E-state index in [4.69, 9.17) is 0 Å². The Labute approximate surface area is 64.4 Å². The second kappa shape index (κ2) is 2.40. The molecule has 0 aromatic rings. The van der Waals surface area contributed by atoms with E-state index in [1.54, 1.807) is 13.8 Å². The smallest absolute Gasteiger partial charge is 0.449 e. The topological polar surface area (TPSA) is 12.0 Å². The van der Waals surface area contributed by atoms with E-state index in [0.29, 0.717) is 6.54 Å². The van der Waals surface area contributed by atoms with Crippen LogP contribution in [0, 0.1) is 5.41 Å². The standard InChI is InChI=1S/C6H12BF3N/c1-6(2)4-11-3-5(6)7(8,9)10/h5,11H,3-4H2,1-2H3/q-1. The summed E-state index contributed by atoms with van der Waals surface area (Å²) in [4.78, 5) is 0. The number of hydrogen-bond donors (Lipinski definition) is 1. The van der Waals surface area contributed by atoms with Gasteiger partial charge in [0.2, 0.25) is 0 Å². The van der Waals surface area contributed by atoms with Crippen LogP contribution in [0.3, 0.4) is 0 Å². The molecule has 1 rings (SSSR count). The first-order chi connectivity index (χ1) is 4.84. The molecule has 1 heterocycles. The highest BCUT2D eigenvalue weighted by Crippen LogP contribution is 2.43. The van der Waals surface area contributed by atoms with Crippen LogP contribution >= 0.6 is 0 Å². The van der Waals surface area contributed by atoms with Gasteiger partial charge in [-0.05, 0) is 18.5 Å². The van der Waals surface area contributed by atoms with Crippen LogP contribution in [0.2, 0.25) is 5.82 Å². The molecule has 0 bridgehead atoms. The molecule has 0 spiro atoms. The van der Waals surface area contributed by atoms with Crippen LogP contribution in [-0.2, 0) is 0 Å². The lowest BCUT2D eigenvalue weighted by Gasteiger charge is -2.33. The summed E-state index contributed by atoms with van der Waals surface area (Å²) in [6.07, 6.45) is 0. The Morgan fingerprint density at radius 2 is 1.91 bits per heavy atom. The maximum absolute atomic E-state index is 12.3. The van der Waals surface area contributed by atoms with E-state index < -0.39 is 18.2 Å². The largest absolute Gasteiger partial charge is 0.483 e. The van der Waals surface area contributed by atoms with Gasteiger partial charge >= 0.3 is 6.98 Å². The molecular weight excluding hydrogens is 154 g/mol. The van der Waals surface area contributed by atoms with Gasteiger partial charge in [-0.25, -0.2) is 0 Å². The third-order valence-electron chi connectivity index (χ3n) is 2.40. The highest BCUT2D eigenvalue weighted by Gasteiger charge is 2.46. The lowest BCUT2D eigenvalue weighted by molar-refractivity contribution is 0.331. The first kappa shape index (κ1) is 8.91. The van der Waals surface area contributed by atoms with Gasteiger partial charge in [-0.3, -0.25) is 0 Å². The maximum Gasteiger partial charge on any atom is 0.483 e. The van der Waals surface area contributed by atoms with Crippen LogP contribution in [0.25, 0.3) is 0 Å². The van der Waals surface area contributed by atoms with E-state index in [9.17, 15) is 12.9 Å². The SMILES string of the molecule is CC1(C)CNCC1[B-](F)(F)F. The Morgan fingerprint density at radius 1 is 1.36 bits per heavy atom. The summed E-state index contributed by atoms with van der Waals surface area (Å²) in [5.74, 6) is -1.12. The van der Waals surface area contributed by atoms with Crippen molar-refractivity contribution in [1.82, 2.24) is 5.32 Å². The van der Waals surface area contributed by atoms with Crippen molar-refractivity contribution in [3.63, 3.8) is 0 Å². The van der Waals surface area contributed by atoms with Crippen molar-refractivity contribution in [2.24, 2.45) is 5.41 Å². The van der Waals surface area contributed by atoms with Crippen molar-refractivity contribution in [3.05, 3.63) is 0 Å². The molecule has 1 N–H and O–H groups in total. The fourth-order valence-corrected chi connectivity index (χ4v) is 1.60. The predicted octanol–water partition coefficient (Wildman–Crippen LogP) is 1.83. The first-order valence-corrected chi connectivity index (χ1v) is 3.75. The highest BCUT2D eigenvalue weighted by molar-refractivity contribution is 6.60. The van der Waals surface area contributed by atoms with Crippen LogP contribution < -0.4 is 5.32 Å². The summed E-state index contributed by atoms with van der Waals surface area (Å²) in [7, 11) is 0. The minimum absolute atomic E-state index is 0.0938. The molecule has 1 saturated heterocycles. The quantitative estimate of drug-likeness (QED) is 0.586. The van der Waals surface area contributed by atoms with Gasteiger partial charge in [0.1, 0.15) is 0 Å². The third-order valence-corrected chi connectivity index (χ3v) is 2.40. The first-order valence-electron chi connectivity index (χ1n) is 3.75. The lowest BCUT2D eigenvalue weighted by atomic mass is 9.61. The number of hydrogen-bond acceptors (Lipinski definition) is 1. The molecule has 1 atom stereocenters. The summed E-state index contributed by atoms with van der Waals surface area (Å²) in [6.45, 7) is -0.782. The zero-order valence-corrected chi connectivity index (χ0v) is 6.70. The lowest BCUT2D eigenvalue weighted by Crippen LogP contribution is -2.34. The van der Waals surface area contributed by atoms with Gasteiger partial charge in [-0.2, -0.15) is 0 Å². The van der Waals surface area contributed by atoms with E-state index in [2.05, 4.69) is 5.32 Å². The average Bonchev–Trinajstić information content (AvgIpc) is 2.06. The molecule has 66 valence electrons. The number of nitrogens with one attached hydrogen (secondary N) is 1. The van der Waals surface area contributed by atoms with Crippen LogP contribution in [0.1, 0.15) is 13.8 Å². The van der Waals surface area contributed by atoms with E-state index >= 15 is 0 Å². The van der Waals surface area contributed by atoms with E-state index in [-0.39, 0.29) is 6.54 Å². The normalized spacial score (nSPS) is 30.8. The monoisotopic (exact) mass is 166 g/mol. The molecule has 0 aromatic heterocycles. The molecule has 5 heteroatoms. The summed E-state index contributed by atoms with van der Waals surface area (Å²) in [5, 5.41) is 2.76. The Hall–Kier alpha value is -0.185. The fraction of sp³-hybridized carbons (Fsp3) is 1.00. The molecule has 0 saturated carbocycles. The van der Waals surface area contributed by atoms with Crippen LogP contribution in [0.5, 0.6) is 0 Å². The average molecular weight is 166 g/mol. The molecule has 0 amide bonds. The molecule has 1 unspecified atom stereocenters. The molecule has 0 radical (unpaired) electrons. The van der Waals surface area contributed by atoms with Gasteiger partial charge in [0, 0.05) is 0 Å². The Bertz CT molecular complexity index is 154. The summed E-state index contributed by atoms with van der Waals surface area (Å²) < 4.78 is 36.8. The second-order valence-corrected chi connectivity index (χ2v) is 3.85. The van der Waals surface area contributed by atoms with Crippen molar-refractivity contribution in [2.45, 2.75) is 19.7 Å². The highest BCUT2D eigenvalue weighted by atomic mass is 19.4. The summed E-state index contributed by atoms with van der Waals surface area (Å²) in [6, 6.07) is 0. The summed E-state index contributed by atoms with van der Waals surface area (Å²) in [5.41, 5.74) is -0.613. The van der Waals surface area contributed by atoms with E-state index in [0.717, 1.165) is 0 Å². The minimum atomic E-state index is -4.67. The van der Waals surface area contributed by atoms with Crippen molar-refractivity contribution in [1.29, 1.82) is 0 Å². The molecule has 1 aliphatic rings. The van der Waals surface area contributed by atoms with Gasteiger partial charge in [0.05, 0.1) is 0 Å². The molecule has 1 nitrogen and oxygen atoms in total. The zero-order chi connectivity index (χ0) is 8.70.